The lowest BCUT2D eigenvalue weighted by molar-refractivity contribution is -0.144. The first kappa shape index (κ1) is 16.6. The zero-order valence-corrected chi connectivity index (χ0v) is 13.8. The van der Waals surface area contributed by atoms with Crippen molar-refractivity contribution in [3.8, 4) is 5.75 Å². The van der Waals surface area contributed by atoms with Crippen LogP contribution in [-0.4, -0.2) is 41.6 Å². The summed E-state index contributed by atoms with van der Waals surface area (Å²) in [6, 6.07) is 5.40. The van der Waals surface area contributed by atoms with Crippen LogP contribution < -0.4 is 4.74 Å². The first-order valence-electron chi connectivity index (χ1n) is 7.85. The number of piperidine rings is 1. The molecule has 0 aromatic heterocycles. The fourth-order valence-corrected chi connectivity index (χ4v) is 3.11. The molecule has 5 nitrogen and oxygen atoms in total. The Morgan fingerprint density at radius 2 is 2.21 bits per heavy atom. The second kappa shape index (κ2) is 7.09. The van der Waals surface area contributed by atoms with Crippen molar-refractivity contribution in [1.29, 1.82) is 0 Å². The van der Waals surface area contributed by atoms with Gasteiger partial charge in [0.25, 0.3) is 0 Å². The Balaban J connectivity index is 1.67. The van der Waals surface area contributed by atoms with E-state index in [1.165, 1.54) is 6.08 Å². The highest BCUT2D eigenvalue weighted by Crippen LogP contribution is 2.29. The summed E-state index contributed by atoms with van der Waals surface area (Å²) < 4.78 is 5.64. The van der Waals surface area contributed by atoms with Gasteiger partial charge in [-0.1, -0.05) is 17.7 Å². The highest BCUT2D eigenvalue weighted by Gasteiger charge is 2.27. The van der Waals surface area contributed by atoms with Crippen LogP contribution in [0.4, 0.5) is 0 Å². The number of hydrogen-bond donors (Lipinski definition) is 1. The molecule has 1 unspecified atom stereocenters. The van der Waals surface area contributed by atoms with Gasteiger partial charge < -0.3 is 14.7 Å². The summed E-state index contributed by atoms with van der Waals surface area (Å²) >= 11 is 5.98. The van der Waals surface area contributed by atoms with Crippen molar-refractivity contribution in [3.05, 3.63) is 46.5 Å². The molecular weight excluding hydrogens is 330 g/mol. The van der Waals surface area contributed by atoms with Gasteiger partial charge in [-0.05, 0) is 42.7 Å². The van der Waals surface area contributed by atoms with Crippen LogP contribution in [0.2, 0.25) is 5.02 Å². The van der Waals surface area contributed by atoms with E-state index in [1.807, 2.05) is 18.2 Å². The molecule has 126 valence electrons. The van der Waals surface area contributed by atoms with Gasteiger partial charge in [-0.3, -0.25) is 9.59 Å². The van der Waals surface area contributed by atoms with Crippen LogP contribution in [0.15, 0.2) is 35.9 Å². The van der Waals surface area contributed by atoms with Crippen LogP contribution in [0.25, 0.3) is 6.08 Å². The maximum atomic E-state index is 12.3. The predicted octanol–water partition coefficient (Wildman–Crippen LogP) is 3.00. The minimum atomic E-state index is -0.839. The summed E-state index contributed by atoms with van der Waals surface area (Å²) in [5, 5.41) is 9.72. The first-order chi connectivity index (χ1) is 11.5. The van der Waals surface area contributed by atoms with Crippen molar-refractivity contribution in [1.82, 2.24) is 4.90 Å². The van der Waals surface area contributed by atoms with Crippen molar-refractivity contribution in [2.45, 2.75) is 12.8 Å². The Bertz CT molecular complexity index is 726. The lowest BCUT2D eigenvalue weighted by atomic mass is 9.98. The standard InChI is InChI=1S/C18H18ClNO4/c19-15-4-5-16-14(9-15)8-12(11-24-16)3-6-17(21)20-7-1-2-13(10-20)18(22)23/h3-6,8-9,13H,1-2,7,10-11H2,(H,22,23). The molecule has 2 aliphatic rings. The minimum Gasteiger partial charge on any atom is -0.488 e. The number of rotatable bonds is 3. The highest BCUT2D eigenvalue weighted by molar-refractivity contribution is 6.30. The van der Waals surface area contributed by atoms with E-state index in [1.54, 1.807) is 17.0 Å². The highest BCUT2D eigenvalue weighted by atomic mass is 35.5. The van der Waals surface area contributed by atoms with Crippen molar-refractivity contribution >= 4 is 29.6 Å². The van der Waals surface area contributed by atoms with Gasteiger partial charge in [0.15, 0.2) is 0 Å². The molecule has 6 heteroatoms. The van der Waals surface area contributed by atoms with Crippen molar-refractivity contribution in [2.24, 2.45) is 5.92 Å². The second-order valence-electron chi connectivity index (χ2n) is 5.99. The van der Waals surface area contributed by atoms with E-state index >= 15 is 0 Å². The molecule has 1 saturated heterocycles. The number of carboxylic acids is 1. The molecule has 1 atom stereocenters. The topological polar surface area (TPSA) is 66.8 Å². The maximum absolute atomic E-state index is 12.3. The lowest BCUT2D eigenvalue weighted by Crippen LogP contribution is -2.41. The van der Waals surface area contributed by atoms with Gasteiger partial charge in [-0.2, -0.15) is 0 Å². The molecule has 1 amide bonds. The molecule has 2 heterocycles. The third-order valence-corrected chi connectivity index (χ3v) is 4.46. The molecule has 24 heavy (non-hydrogen) atoms. The molecule has 1 aromatic rings. The van der Waals surface area contributed by atoms with Crippen molar-refractivity contribution in [2.75, 3.05) is 19.7 Å². The third-order valence-electron chi connectivity index (χ3n) is 4.23. The van der Waals surface area contributed by atoms with Gasteiger partial charge >= 0.3 is 5.97 Å². The van der Waals surface area contributed by atoms with Crippen molar-refractivity contribution in [3.63, 3.8) is 0 Å². The van der Waals surface area contributed by atoms with E-state index in [0.29, 0.717) is 31.0 Å². The number of carbonyl (C=O) groups excluding carboxylic acids is 1. The maximum Gasteiger partial charge on any atom is 0.308 e. The molecule has 1 aromatic carbocycles. The summed E-state index contributed by atoms with van der Waals surface area (Å²) in [6.45, 7) is 1.25. The average molecular weight is 348 g/mol. The molecule has 1 fully saturated rings. The fourth-order valence-electron chi connectivity index (χ4n) is 2.92. The number of amides is 1. The van der Waals surface area contributed by atoms with Crippen LogP contribution in [0, 0.1) is 5.92 Å². The van der Waals surface area contributed by atoms with Gasteiger partial charge in [-0.25, -0.2) is 0 Å². The number of benzene rings is 1. The Morgan fingerprint density at radius 3 is 3.00 bits per heavy atom. The molecule has 3 rings (SSSR count). The Morgan fingerprint density at radius 1 is 1.38 bits per heavy atom. The number of fused-ring (bicyclic) bond motifs is 1. The molecule has 1 N–H and O–H groups in total. The molecule has 0 saturated carbocycles. The van der Waals surface area contributed by atoms with E-state index in [-0.39, 0.29) is 12.5 Å². The predicted molar refractivity (Wildman–Crippen MR) is 91.0 cm³/mol. The van der Waals surface area contributed by atoms with E-state index in [4.69, 9.17) is 21.4 Å². The number of carbonyl (C=O) groups is 2. The number of likely N-dealkylation sites (tertiary alicyclic amines) is 1. The summed E-state index contributed by atoms with van der Waals surface area (Å²) in [6.07, 6.45) is 6.48. The van der Waals surface area contributed by atoms with E-state index in [2.05, 4.69) is 0 Å². The van der Waals surface area contributed by atoms with Crippen LogP contribution in [-0.2, 0) is 9.59 Å². The number of nitrogens with zero attached hydrogens (tertiary/aromatic N) is 1. The molecular formula is C18H18ClNO4. The molecule has 0 aliphatic carbocycles. The zero-order chi connectivity index (χ0) is 17.1. The van der Waals surface area contributed by atoms with Crippen LogP contribution in [0.5, 0.6) is 5.75 Å². The van der Waals surface area contributed by atoms with Crippen LogP contribution in [0.1, 0.15) is 18.4 Å². The first-order valence-corrected chi connectivity index (χ1v) is 8.23. The van der Waals surface area contributed by atoms with Gasteiger partial charge in [0.05, 0.1) is 5.92 Å². The number of halogens is 1. The largest absolute Gasteiger partial charge is 0.488 e. The smallest absolute Gasteiger partial charge is 0.308 e. The number of aliphatic carboxylic acids is 1. The Kier molecular flexibility index (Phi) is 4.90. The molecule has 0 radical (unpaired) electrons. The molecule has 2 aliphatic heterocycles. The lowest BCUT2D eigenvalue weighted by Gasteiger charge is -2.29. The molecule has 0 spiro atoms. The van der Waals surface area contributed by atoms with Gasteiger partial charge in [0.1, 0.15) is 12.4 Å². The fraction of sp³-hybridized carbons (Fsp3) is 0.333. The summed E-state index contributed by atoms with van der Waals surface area (Å²) in [5.41, 5.74) is 1.75. The average Bonchev–Trinajstić information content (AvgIpc) is 2.59. The van der Waals surface area contributed by atoms with Crippen LogP contribution in [0.3, 0.4) is 0 Å². The van der Waals surface area contributed by atoms with E-state index in [0.717, 1.165) is 16.9 Å². The minimum absolute atomic E-state index is 0.168. The summed E-state index contributed by atoms with van der Waals surface area (Å²) in [5.74, 6) is -0.711. The second-order valence-corrected chi connectivity index (χ2v) is 6.42. The SMILES string of the molecule is O=C(O)C1CCCN(C(=O)C=CC2=Cc3cc(Cl)ccc3OC2)C1. The van der Waals surface area contributed by atoms with Gasteiger partial charge in [-0.15, -0.1) is 0 Å². The Hall–Kier alpha value is -2.27. The third kappa shape index (κ3) is 3.79. The van der Waals surface area contributed by atoms with Gasteiger partial charge in [0, 0.05) is 29.8 Å². The number of carboxylic acid groups (broad SMARTS) is 1. The molecule has 0 bridgehead atoms. The monoisotopic (exact) mass is 347 g/mol. The quantitative estimate of drug-likeness (QED) is 0.853. The Labute approximate surface area is 145 Å². The zero-order valence-electron chi connectivity index (χ0n) is 13.1. The summed E-state index contributed by atoms with van der Waals surface area (Å²) in [4.78, 5) is 24.9. The summed E-state index contributed by atoms with van der Waals surface area (Å²) in [7, 11) is 0. The number of ether oxygens (including phenoxy) is 1. The van der Waals surface area contributed by atoms with Crippen molar-refractivity contribution < 1.29 is 19.4 Å². The number of hydrogen-bond acceptors (Lipinski definition) is 3. The normalized spacial score (nSPS) is 20.3. The van der Waals surface area contributed by atoms with Crippen LogP contribution >= 0.6 is 11.6 Å². The van der Waals surface area contributed by atoms with E-state index in [9.17, 15) is 9.59 Å². The van der Waals surface area contributed by atoms with E-state index < -0.39 is 11.9 Å². The van der Waals surface area contributed by atoms with Gasteiger partial charge in [0.2, 0.25) is 5.91 Å².